The quantitative estimate of drug-likeness (QED) is 0.0253. The van der Waals surface area contributed by atoms with Gasteiger partial charge in [-0.2, -0.15) is 23.5 Å². The summed E-state index contributed by atoms with van der Waals surface area (Å²) in [6.45, 7) is 7.43. The zero-order chi connectivity index (χ0) is 67.7. The van der Waals surface area contributed by atoms with E-state index in [1.807, 2.05) is 20.1 Å². The van der Waals surface area contributed by atoms with Crippen LogP contribution < -0.4 is 49.1 Å². The Morgan fingerprint density at radius 1 is 0.728 bits per heavy atom. The molecule has 27 heteroatoms. The number of guanidine groups is 1. The van der Waals surface area contributed by atoms with Gasteiger partial charge in [-0.3, -0.25) is 52.9 Å². The monoisotopic (exact) mass is 1330 g/mol. The minimum absolute atomic E-state index is 0.00325. The number of aliphatic imine (C=N–C) groups is 1. The number of nitrogens with two attached hydrogens (primary N) is 3. The van der Waals surface area contributed by atoms with Gasteiger partial charge in [0, 0.05) is 96.7 Å². The maximum absolute atomic E-state index is 14.8. The third-order valence-corrected chi connectivity index (χ3v) is 17.6. The van der Waals surface area contributed by atoms with E-state index in [0.717, 1.165) is 5.56 Å². The van der Waals surface area contributed by atoms with Gasteiger partial charge in [0.1, 0.15) is 17.3 Å². The maximum atomic E-state index is 14.8. The molecule has 0 spiro atoms. The summed E-state index contributed by atoms with van der Waals surface area (Å²) in [4.78, 5) is 138. The first kappa shape index (κ1) is 82.4. The number of aromatic hydroxyl groups is 1. The number of unbranched alkanes of at least 4 members (excludes halogenated alkanes) is 2. The van der Waals surface area contributed by atoms with Crippen molar-refractivity contribution in [3.63, 3.8) is 0 Å². The molecule has 1 aromatic rings. The number of carbonyl (C=O) groups excluding carboxylic acids is 10. The van der Waals surface area contributed by atoms with Crippen molar-refractivity contribution in [1.82, 2.24) is 31.9 Å². The van der Waals surface area contributed by atoms with Gasteiger partial charge in [-0.1, -0.05) is 45.2 Å². The summed E-state index contributed by atoms with van der Waals surface area (Å²) in [6.07, 6.45) is 8.84. The van der Waals surface area contributed by atoms with Gasteiger partial charge in [-0.05, 0) is 125 Å². The molecule has 0 aliphatic carbocycles. The highest BCUT2D eigenvalue weighted by Crippen LogP contribution is 2.25. The van der Waals surface area contributed by atoms with Crippen molar-refractivity contribution in [2.45, 2.75) is 173 Å². The number of rotatable bonds is 44. The van der Waals surface area contributed by atoms with E-state index in [2.05, 4.69) is 36.9 Å². The molecule has 25 nitrogen and oxygen atoms in total. The third-order valence-electron chi connectivity index (χ3n) is 16.0. The first-order chi connectivity index (χ1) is 44.3. The second-order valence-corrected chi connectivity index (χ2v) is 25.5. The van der Waals surface area contributed by atoms with Gasteiger partial charge in [-0.25, -0.2) is 0 Å². The second kappa shape index (κ2) is 51.7. The van der Waals surface area contributed by atoms with Crippen LogP contribution in [0.4, 0.5) is 0 Å². The van der Waals surface area contributed by atoms with Crippen LogP contribution in [0.15, 0.2) is 29.3 Å². The molecule has 92 heavy (non-hydrogen) atoms. The average Bonchev–Trinajstić information content (AvgIpc) is 3.72. The Morgan fingerprint density at radius 2 is 1.36 bits per heavy atom. The van der Waals surface area contributed by atoms with Crippen LogP contribution in [0, 0.1) is 23.7 Å². The van der Waals surface area contributed by atoms with Gasteiger partial charge in [0.15, 0.2) is 17.5 Å². The lowest BCUT2D eigenvalue weighted by Crippen LogP contribution is -2.46. The summed E-state index contributed by atoms with van der Waals surface area (Å²) < 4.78 is 21.5. The summed E-state index contributed by atoms with van der Waals surface area (Å²) in [5.74, 6) is -3.48. The number of ketones is 4. The zero-order valence-electron chi connectivity index (χ0n) is 55.2. The lowest BCUT2D eigenvalue weighted by Gasteiger charge is -2.25. The largest absolute Gasteiger partial charge is 0.508 e. The van der Waals surface area contributed by atoms with E-state index in [1.54, 1.807) is 19.2 Å². The molecule has 1 saturated heterocycles. The predicted octanol–water partition coefficient (Wildman–Crippen LogP) is 3.75. The molecule has 6 amide bonds. The van der Waals surface area contributed by atoms with Gasteiger partial charge in [0.25, 0.3) is 0 Å². The summed E-state index contributed by atoms with van der Waals surface area (Å²) in [5.41, 5.74) is 17.8. The van der Waals surface area contributed by atoms with E-state index in [9.17, 15) is 53.1 Å². The standard InChI is InChI=1S/C65H110N10O15S2/c1-5-46(2)62-57(80)25-19-49(13-6-8-30-69-59(82)28-36-90-40-39-88-34-11-15-52(77)44-91-4)55(78)24-20-50(14-7-9-31-70-58(81)27-35-89-38-37-87-3)64(86)74-53(29-41-92-45-61(84)71-33-26-60(83)75-62)56(79)23-18-48(12-10-32-72-65(67)68)43-73-54(63(66)85)42-47-16-21-51(76)22-17-47/h16-17,21-22,46,48-50,53-54,62,73,76H,5-15,18-20,23-45H2,1-4H3,(H2,66,85)(H,69,82)(H,70,81)(H,71,84)(H,74,86)(H,75,83)(H4,67,68,72)/t46-,48+,49+,50+,53-,54-,62-/m0/s1. The summed E-state index contributed by atoms with van der Waals surface area (Å²) in [6, 6.07) is 3.88. The lowest BCUT2D eigenvalue weighted by atomic mass is 9.85. The number of carbonyl (C=O) groups is 10. The molecule has 13 N–H and O–H groups in total. The van der Waals surface area contributed by atoms with E-state index in [4.69, 9.17) is 36.1 Å². The molecule has 2 rings (SSSR count). The van der Waals surface area contributed by atoms with Crippen molar-refractivity contribution < 1.29 is 72.0 Å². The predicted molar refractivity (Wildman–Crippen MR) is 359 cm³/mol. The Bertz CT molecular complexity index is 2370. The van der Waals surface area contributed by atoms with Gasteiger partial charge in [0.2, 0.25) is 35.4 Å². The number of benzene rings is 1. The van der Waals surface area contributed by atoms with E-state index in [1.165, 1.54) is 35.7 Å². The SMILES string of the molecule is CC[C@H](C)[C@@H]1NC(=O)CCNC(=O)CSCC[C@@H](C(=O)CC[C@@H](CCCN=C(N)N)CN[C@@H](Cc2ccc(O)cc2)C(N)=O)NC(=O)[C@H](CCCCNC(=O)CCOCCOC)CCC(=O)[C@H](CCCCNC(=O)CCOCCOCCCC(=O)CSC)CCC1=O. The highest BCUT2D eigenvalue weighted by Gasteiger charge is 2.31. The molecule has 1 aliphatic rings. The Balaban J connectivity index is 2.39. The number of Topliss-reactive ketones (excluding diaryl/α,β-unsaturated/α-hetero) is 4. The molecule has 0 saturated carbocycles. The van der Waals surface area contributed by atoms with Crippen molar-refractivity contribution in [2.24, 2.45) is 45.9 Å². The number of primary amides is 1. The van der Waals surface area contributed by atoms with Crippen LogP contribution in [0.25, 0.3) is 0 Å². The van der Waals surface area contributed by atoms with Gasteiger partial charge >= 0.3 is 0 Å². The van der Waals surface area contributed by atoms with Crippen molar-refractivity contribution in [1.29, 1.82) is 0 Å². The fourth-order valence-corrected chi connectivity index (χ4v) is 11.6. The molecule has 1 fully saturated rings. The fourth-order valence-electron chi connectivity index (χ4n) is 10.3. The Morgan fingerprint density at radius 3 is 1.99 bits per heavy atom. The van der Waals surface area contributed by atoms with Crippen LogP contribution in [0.5, 0.6) is 5.75 Å². The zero-order valence-corrected chi connectivity index (χ0v) is 56.8. The third kappa shape index (κ3) is 40.4. The number of ether oxygens (including phenoxy) is 4. The van der Waals surface area contributed by atoms with E-state index in [-0.39, 0.29) is 154 Å². The highest BCUT2D eigenvalue weighted by atomic mass is 32.2. The molecule has 0 bridgehead atoms. The van der Waals surface area contributed by atoms with Crippen LogP contribution in [-0.2, 0) is 73.3 Å². The maximum Gasteiger partial charge on any atom is 0.234 e. The number of nitrogens with one attached hydrogen (secondary N) is 6. The lowest BCUT2D eigenvalue weighted by molar-refractivity contribution is -0.131. The van der Waals surface area contributed by atoms with Crippen molar-refractivity contribution in [3.8, 4) is 5.75 Å². The molecule has 0 aromatic heterocycles. The Labute approximate surface area is 553 Å². The van der Waals surface area contributed by atoms with Gasteiger partial charge in [0.05, 0.1) is 69.3 Å². The van der Waals surface area contributed by atoms with Crippen LogP contribution in [0.2, 0.25) is 0 Å². The van der Waals surface area contributed by atoms with Crippen LogP contribution in [-0.4, -0.2) is 197 Å². The average molecular weight is 1340 g/mol. The number of methoxy groups -OCH3 is 1. The Kier molecular flexibility index (Phi) is 46.3. The molecule has 1 heterocycles. The van der Waals surface area contributed by atoms with Crippen LogP contribution in [0.3, 0.4) is 0 Å². The number of hydrogen-bond acceptors (Lipinski definition) is 19. The van der Waals surface area contributed by atoms with Crippen LogP contribution in [0.1, 0.15) is 154 Å². The minimum atomic E-state index is -0.986. The molecule has 522 valence electrons. The number of phenolic OH excluding ortho intramolecular Hbond substituents is 1. The number of thioether (sulfide) groups is 2. The van der Waals surface area contributed by atoms with E-state index >= 15 is 0 Å². The summed E-state index contributed by atoms with van der Waals surface area (Å²) >= 11 is 2.76. The minimum Gasteiger partial charge on any atom is -0.508 e. The van der Waals surface area contributed by atoms with E-state index < -0.39 is 47.7 Å². The molecular weight excluding hydrogens is 1220 g/mol. The first-order valence-electron chi connectivity index (χ1n) is 32.9. The molecule has 1 aliphatic heterocycles. The van der Waals surface area contributed by atoms with Crippen molar-refractivity contribution in [2.75, 3.05) is 110 Å². The number of phenols is 1. The van der Waals surface area contributed by atoms with Crippen molar-refractivity contribution >= 4 is 88.1 Å². The molecular formula is C65H110N10O15S2. The second-order valence-electron chi connectivity index (χ2n) is 23.5. The molecule has 7 atom stereocenters. The Hall–Kier alpha value is -5.71. The molecule has 1 aromatic carbocycles. The van der Waals surface area contributed by atoms with E-state index in [0.29, 0.717) is 148 Å². The topological polar surface area (TPSA) is 390 Å². The van der Waals surface area contributed by atoms with Crippen molar-refractivity contribution in [3.05, 3.63) is 29.8 Å². The summed E-state index contributed by atoms with van der Waals surface area (Å²) in [5, 5.41) is 27.6. The van der Waals surface area contributed by atoms with Gasteiger partial charge in [-0.15, -0.1) is 0 Å². The fraction of sp³-hybridized carbons (Fsp3) is 0.738. The smallest absolute Gasteiger partial charge is 0.234 e. The number of hydrogen-bond donors (Lipinski definition) is 10. The molecule has 0 radical (unpaired) electrons. The normalized spacial score (nSPS) is 18.6. The summed E-state index contributed by atoms with van der Waals surface area (Å²) in [7, 11) is 1.56. The highest BCUT2D eigenvalue weighted by molar-refractivity contribution is 8.00. The number of amides is 6. The number of nitrogens with zero attached hydrogens (tertiary/aromatic N) is 1. The first-order valence-corrected chi connectivity index (χ1v) is 35.5. The van der Waals surface area contributed by atoms with Gasteiger partial charge < -0.3 is 73.2 Å². The molecule has 0 unspecified atom stereocenters. The van der Waals surface area contributed by atoms with Crippen LogP contribution >= 0.6 is 23.5 Å².